The van der Waals surface area contributed by atoms with Crippen molar-refractivity contribution in [2.24, 2.45) is 0 Å². The summed E-state index contributed by atoms with van der Waals surface area (Å²) in [6.45, 7) is 9.75. The van der Waals surface area contributed by atoms with E-state index in [1.54, 1.807) is 7.11 Å². The van der Waals surface area contributed by atoms with Gasteiger partial charge in [0.25, 0.3) is 5.91 Å². The van der Waals surface area contributed by atoms with Crippen molar-refractivity contribution < 1.29 is 14.3 Å². The second-order valence-corrected chi connectivity index (χ2v) is 6.60. The molecule has 0 aliphatic heterocycles. The Morgan fingerprint density at radius 2 is 1.96 bits per heavy atom. The highest BCUT2D eigenvalue weighted by Gasteiger charge is 2.15. The van der Waals surface area contributed by atoms with Gasteiger partial charge in [0.1, 0.15) is 0 Å². The van der Waals surface area contributed by atoms with E-state index in [1.807, 2.05) is 39.0 Å². The Labute approximate surface area is 139 Å². The van der Waals surface area contributed by atoms with Gasteiger partial charge in [0.05, 0.1) is 7.11 Å². The third-order valence-electron chi connectivity index (χ3n) is 3.14. The molecule has 0 heterocycles. The molecule has 130 valence electrons. The predicted octanol–water partition coefficient (Wildman–Crippen LogP) is 2.88. The molecule has 0 saturated heterocycles. The molecule has 1 aromatic carbocycles. The third-order valence-corrected chi connectivity index (χ3v) is 3.14. The molecule has 0 unspecified atom stereocenters. The lowest BCUT2D eigenvalue weighted by molar-refractivity contribution is -0.124. The monoisotopic (exact) mass is 322 g/mol. The molecule has 1 amide bonds. The van der Waals surface area contributed by atoms with Crippen LogP contribution in [0.2, 0.25) is 0 Å². The zero-order valence-corrected chi connectivity index (χ0v) is 15.0. The number of nitrogens with one attached hydrogen (secondary N) is 2. The largest absolute Gasteiger partial charge is 0.493 e. The number of benzene rings is 1. The van der Waals surface area contributed by atoms with E-state index < -0.39 is 0 Å². The van der Waals surface area contributed by atoms with Crippen molar-refractivity contribution in [2.75, 3.05) is 20.3 Å². The molecule has 0 radical (unpaired) electrons. The zero-order chi connectivity index (χ0) is 17.3. The fraction of sp³-hybridized carbons (Fsp3) is 0.611. The quantitative estimate of drug-likeness (QED) is 0.686. The number of rotatable bonds is 9. The number of hydrogen-bond donors (Lipinski definition) is 2. The van der Waals surface area contributed by atoms with E-state index in [-0.39, 0.29) is 18.1 Å². The van der Waals surface area contributed by atoms with Gasteiger partial charge in [-0.2, -0.15) is 0 Å². The second-order valence-electron chi connectivity index (χ2n) is 6.60. The van der Waals surface area contributed by atoms with Crippen LogP contribution in [0.5, 0.6) is 11.5 Å². The Morgan fingerprint density at radius 3 is 2.57 bits per heavy atom. The minimum atomic E-state index is -0.265. The maximum atomic E-state index is 11.8. The van der Waals surface area contributed by atoms with Crippen LogP contribution in [-0.4, -0.2) is 31.7 Å². The summed E-state index contributed by atoms with van der Waals surface area (Å²) in [6.07, 6.45) is 2.35. The van der Waals surface area contributed by atoms with Gasteiger partial charge in [-0.3, -0.25) is 4.79 Å². The normalized spacial score (nSPS) is 11.2. The number of carbonyl (C=O) groups is 1. The summed E-state index contributed by atoms with van der Waals surface area (Å²) in [7, 11) is 1.60. The molecule has 1 rings (SSSR count). The summed E-state index contributed by atoms with van der Waals surface area (Å²) in [5.41, 5.74) is 0.864. The first-order valence-electron chi connectivity index (χ1n) is 8.17. The number of carbonyl (C=O) groups excluding carboxylic acids is 1. The van der Waals surface area contributed by atoms with Gasteiger partial charge in [-0.15, -0.1) is 0 Å². The van der Waals surface area contributed by atoms with Crippen LogP contribution >= 0.6 is 0 Å². The number of methoxy groups -OCH3 is 1. The van der Waals surface area contributed by atoms with Crippen LogP contribution in [0.3, 0.4) is 0 Å². The van der Waals surface area contributed by atoms with Gasteiger partial charge in [0, 0.05) is 12.1 Å². The summed E-state index contributed by atoms with van der Waals surface area (Å²) in [5.74, 6) is 1.07. The first-order chi connectivity index (χ1) is 10.9. The summed E-state index contributed by atoms with van der Waals surface area (Å²) >= 11 is 0. The first-order valence-corrected chi connectivity index (χ1v) is 8.17. The maximum Gasteiger partial charge on any atom is 0.258 e. The van der Waals surface area contributed by atoms with E-state index in [0.29, 0.717) is 11.5 Å². The van der Waals surface area contributed by atoms with Crippen LogP contribution in [0.25, 0.3) is 0 Å². The third kappa shape index (κ3) is 7.88. The van der Waals surface area contributed by atoms with Crippen molar-refractivity contribution in [2.45, 2.75) is 52.6 Å². The average Bonchev–Trinajstić information content (AvgIpc) is 2.48. The Kier molecular flexibility index (Phi) is 7.89. The Bertz CT molecular complexity index is 496. The van der Waals surface area contributed by atoms with Crippen molar-refractivity contribution in [3.8, 4) is 11.5 Å². The molecule has 0 atom stereocenters. The van der Waals surface area contributed by atoms with Crippen molar-refractivity contribution in [3.05, 3.63) is 23.8 Å². The lowest BCUT2D eigenvalue weighted by Crippen LogP contribution is -2.43. The molecule has 1 aromatic rings. The highest BCUT2D eigenvalue weighted by atomic mass is 16.5. The fourth-order valence-electron chi connectivity index (χ4n) is 2.07. The van der Waals surface area contributed by atoms with Gasteiger partial charge in [-0.1, -0.05) is 19.4 Å². The maximum absolute atomic E-state index is 11.8. The molecule has 5 nitrogen and oxygen atoms in total. The van der Waals surface area contributed by atoms with Crippen molar-refractivity contribution in [1.82, 2.24) is 10.6 Å². The van der Waals surface area contributed by atoms with E-state index in [9.17, 15) is 4.79 Å². The lowest BCUT2D eigenvalue weighted by atomic mass is 10.1. The van der Waals surface area contributed by atoms with Crippen LogP contribution < -0.4 is 20.1 Å². The summed E-state index contributed by atoms with van der Waals surface area (Å²) < 4.78 is 10.9. The zero-order valence-electron chi connectivity index (χ0n) is 15.0. The number of amides is 1. The van der Waals surface area contributed by atoms with Gasteiger partial charge < -0.3 is 20.1 Å². The smallest absolute Gasteiger partial charge is 0.258 e. The van der Waals surface area contributed by atoms with Gasteiger partial charge in [0.15, 0.2) is 18.1 Å². The van der Waals surface area contributed by atoms with Gasteiger partial charge in [-0.25, -0.2) is 0 Å². The molecule has 0 aliphatic carbocycles. The SMILES string of the molecule is CCCCNCc1ccc(OCC(=O)NC(C)(C)C)c(OC)c1. The number of unbranched alkanes of at least 4 members (excludes halogenated alkanes) is 1. The van der Waals surface area contributed by atoms with E-state index in [4.69, 9.17) is 9.47 Å². The minimum Gasteiger partial charge on any atom is -0.493 e. The van der Waals surface area contributed by atoms with E-state index in [1.165, 1.54) is 12.8 Å². The van der Waals surface area contributed by atoms with Crippen LogP contribution in [0, 0.1) is 0 Å². The van der Waals surface area contributed by atoms with E-state index in [0.717, 1.165) is 18.7 Å². The molecule has 0 aromatic heterocycles. The van der Waals surface area contributed by atoms with Crippen LogP contribution in [0.1, 0.15) is 46.1 Å². The minimum absolute atomic E-state index is 0.0261. The van der Waals surface area contributed by atoms with Crippen LogP contribution in [0.15, 0.2) is 18.2 Å². The summed E-state index contributed by atoms with van der Waals surface area (Å²) in [6, 6.07) is 5.77. The van der Waals surface area contributed by atoms with Crippen molar-refractivity contribution in [3.63, 3.8) is 0 Å². The van der Waals surface area contributed by atoms with Crippen LogP contribution in [-0.2, 0) is 11.3 Å². The number of ether oxygens (including phenoxy) is 2. The van der Waals surface area contributed by atoms with Crippen molar-refractivity contribution in [1.29, 1.82) is 0 Å². The molecule has 0 bridgehead atoms. The molecule has 5 heteroatoms. The van der Waals surface area contributed by atoms with Gasteiger partial charge in [-0.05, 0) is 51.4 Å². The van der Waals surface area contributed by atoms with Gasteiger partial charge in [0.2, 0.25) is 0 Å². The Balaban J connectivity index is 2.57. The summed E-state index contributed by atoms with van der Waals surface area (Å²) in [4.78, 5) is 11.8. The molecule has 0 fully saturated rings. The topological polar surface area (TPSA) is 59.6 Å². The van der Waals surface area contributed by atoms with E-state index >= 15 is 0 Å². The first kappa shape index (κ1) is 19.3. The molecule has 0 spiro atoms. The Hall–Kier alpha value is -1.75. The highest BCUT2D eigenvalue weighted by Crippen LogP contribution is 2.28. The molecular weight excluding hydrogens is 292 g/mol. The molecule has 0 saturated carbocycles. The van der Waals surface area contributed by atoms with Crippen molar-refractivity contribution >= 4 is 5.91 Å². The van der Waals surface area contributed by atoms with Gasteiger partial charge >= 0.3 is 0 Å². The second kappa shape index (κ2) is 9.40. The lowest BCUT2D eigenvalue weighted by Gasteiger charge is -2.20. The molecule has 23 heavy (non-hydrogen) atoms. The van der Waals surface area contributed by atoms with Crippen LogP contribution in [0.4, 0.5) is 0 Å². The van der Waals surface area contributed by atoms with E-state index in [2.05, 4.69) is 17.6 Å². The number of hydrogen-bond acceptors (Lipinski definition) is 4. The molecule has 2 N–H and O–H groups in total. The Morgan fingerprint density at radius 1 is 1.22 bits per heavy atom. The highest BCUT2D eigenvalue weighted by molar-refractivity contribution is 5.78. The predicted molar refractivity (Wildman–Crippen MR) is 93.0 cm³/mol. The fourth-order valence-corrected chi connectivity index (χ4v) is 2.07. The molecular formula is C18H30N2O3. The molecule has 0 aliphatic rings. The standard InChI is InChI=1S/C18H30N2O3/c1-6-7-10-19-12-14-8-9-15(16(11-14)22-5)23-13-17(21)20-18(2,3)4/h8-9,11,19H,6-7,10,12-13H2,1-5H3,(H,20,21). The summed E-state index contributed by atoms with van der Waals surface area (Å²) in [5, 5.41) is 6.25. The average molecular weight is 322 g/mol.